The number of ether oxygens (including phenoxy) is 2. The van der Waals surface area contributed by atoms with E-state index in [4.69, 9.17) is 9.47 Å². The Labute approximate surface area is 138 Å². The molecule has 2 aromatic carbocycles. The highest BCUT2D eigenvalue weighted by atomic mass is 16.5. The molecule has 0 aliphatic rings. The van der Waals surface area contributed by atoms with Crippen LogP contribution in [0.25, 0.3) is 0 Å². The predicted molar refractivity (Wildman–Crippen MR) is 91.9 cm³/mol. The Morgan fingerprint density at radius 2 is 1.83 bits per heavy atom. The van der Waals surface area contributed by atoms with Crippen LogP contribution in [0.15, 0.2) is 48.5 Å². The van der Waals surface area contributed by atoms with Crippen LogP contribution in [-0.2, 0) is 6.54 Å². The van der Waals surface area contributed by atoms with Crippen LogP contribution in [0.5, 0.6) is 11.5 Å². The van der Waals surface area contributed by atoms with E-state index in [2.05, 4.69) is 17.0 Å². The summed E-state index contributed by atoms with van der Waals surface area (Å²) in [6, 6.07) is 15.6. The summed E-state index contributed by atoms with van der Waals surface area (Å²) in [5.74, 6) is 1.64. The second-order valence-corrected chi connectivity index (χ2v) is 5.57. The molecule has 0 amide bonds. The third kappa shape index (κ3) is 5.27. The van der Waals surface area contributed by atoms with Crippen molar-refractivity contribution >= 4 is 0 Å². The highest BCUT2D eigenvalue weighted by Gasteiger charge is 2.12. The van der Waals surface area contributed by atoms with Crippen LogP contribution in [0, 0.1) is 0 Å². The smallest absolute Gasteiger partial charge is 0.119 e. The molecule has 0 heterocycles. The third-order valence-corrected chi connectivity index (χ3v) is 3.65. The molecule has 23 heavy (non-hydrogen) atoms. The Hall–Kier alpha value is -2.04. The zero-order chi connectivity index (χ0) is 16.7. The maximum absolute atomic E-state index is 10.4. The van der Waals surface area contributed by atoms with Crippen molar-refractivity contribution in [2.75, 3.05) is 27.3 Å². The topological polar surface area (TPSA) is 41.9 Å². The van der Waals surface area contributed by atoms with E-state index in [1.807, 2.05) is 50.4 Å². The molecule has 0 saturated carbocycles. The van der Waals surface area contributed by atoms with E-state index in [-0.39, 0.29) is 0 Å². The lowest BCUT2D eigenvalue weighted by molar-refractivity contribution is 0.123. The van der Waals surface area contributed by atoms with Gasteiger partial charge in [-0.3, -0.25) is 4.90 Å². The number of methoxy groups -OCH3 is 1. The van der Waals surface area contributed by atoms with Gasteiger partial charge >= 0.3 is 0 Å². The minimum Gasteiger partial charge on any atom is -0.497 e. The molecule has 0 spiro atoms. The van der Waals surface area contributed by atoms with Crippen molar-refractivity contribution in [2.24, 2.45) is 0 Å². The lowest BCUT2D eigenvalue weighted by Gasteiger charge is -2.21. The molecule has 0 fully saturated rings. The molecule has 124 valence electrons. The van der Waals surface area contributed by atoms with E-state index < -0.39 is 6.10 Å². The summed E-state index contributed by atoms with van der Waals surface area (Å²) in [5.41, 5.74) is 2.05. The number of nitrogens with zero attached hydrogens (tertiary/aromatic N) is 1. The first-order valence-electron chi connectivity index (χ1n) is 7.84. The summed E-state index contributed by atoms with van der Waals surface area (Å²) in [6.07, 6.45) is -0.544. The van der Waals surface area contributed by atoms with Crippen LogP contribution in [0.1, 0.15) is 24.2 Å². The molecule has 4 heteroatoms. The molecule has 1 N–H and O–H groups in total. The monoisotopic (exact) mass is 315 g/mol. The van der Waals surface area contributed by atoms with Gasteiger partial charge in [0.25, 0.3) is 0 Å². The zero-order valence-electron chi connectivity index (χ0n) is 14.0. The predicted octanol–water partition coefficient (Wildman–Crippen LogP) is 3.26. The van der Waals surface area contributed by atoms with E-state index >= 15 is 0 Å². The highest BCUT2D eigenvalue weighted by molar-refractivity contribution is 5.30. The minimum absolute atomic E-state index is 0.544. The Balaban J connectivity index is 1.91. The largest absolute Gasteiger partial charge is 0.497 e. The van der Waals surface area contributed by atoms with Crippen molar-refractivity contribution in [1.29, 1.82) is 0 Å². The number of aliphatic hydroxyl groups is 1. The maximum atomic E-state index is 10.4. The van der Waals surface area contributed by atoms with Gasteiger partial charge in [-0.25, -0.2) is 0 Å². The first-order valence-corrected chi connectivity index (χ1v) is 7.84. The van der Waals surface area contributed by atoms with Gasteiger partial charge in [0.05, 0.1) is 19.8 Å². The summed E-state index contributed by atoms with van der Waals surface area (Å²) in [5, 5.41) is 10.4. The Bertz CT molecular complexity index is 598. The molecule has 4 nitrogen and oxygen atoms in total. The van der Waals surface area contributed by atoms with Crippen LogP contribution in [0.3, 0.4) is 0 Å². The lowest BCUT2D eigenvalue weighted by Crippen LogP contribution is -2.24. The number of likely N-dealkylation sites (N-methyl/N-ethyl adjacent to an activating group) is 1. The molecular weight excluding hydrogens is 290 g/mol. The summed E-state index contributed by atoms with van der Waals surface area (Å²) >= 11 is 0. The molecule has 0 bridgehead atoms. The molecule has 2 aromatic rings. The van der Waals surface area contributed by atoms with Crippen LogP contribution in [-0.4, -0.2) is 37.3 Å². The fourth-order valence-corrected chi connectivity index (χ4v) is 2.48. The zero-order valence-corrected chi connectivity index (χ0v) is 14.0. The molecule has 2 rings (SSSR count). The molecule has 0 radical (unpaired) electrons. The average Bonchev–Trinajstić information content (AvgIpc) is 2.57. The number of rotatable bonds is 8. The Kier molecular flexibility index (Phi) is 6.44. The molecule has 1 unspecified atom stereocenters. The van der Waals surface area contributed by atoms with Crippen molar-refractivity contribution in [3.8, 4) is 11.5 Å². The van der Waals surface area contributed by atoms with Crippen LogP contribution in [0.2, 0.25) is 0 Å². The fraction of sp³-hybridized carbons (Fsp3) is 0.368. The molecule has 0 aromatic heterocycles. The molecular formula is C19H25NO3. The number of hydrogen-bond donors (Lipinski definition) is 1. The van der Waals surface area contributed by atoms with Gasteiger partial charge in [0.2, 0.25) is 0 Å². The first kappa shape index (κ1) is 17.3. The van der Waals surface area contributed by atoms with E-state index in [1.54, 1.807) is 7.11 Å². The standard InChI is InChI=1S/C19H25NO3/c1-4-23-17-10-8-15(9-11-17)13-20(2)14-19(21)16-6-5-7-18(12-16)22-3/h5-12,19,21H,4,13-14H2,1-3H3. The first-order chi connectivity index (χ1) is 11.1. The summed E-state index contributed by atoms with van der Waals surface area (Å²) in [6.45, 7) is 3.97. The van der Waals surface area contributed by atoms with Gasteiger partial charge in [-0.2, -0.15) is 0 Å². The summed E-state index contributed by atoms with van der Waals surface area (Å²) in [4.78, 5) is 2.10. The fourth-order valence-electron chi connectivity index (χ4n) is 2.48. The maximum Gasteiger partial charge on any atom is 0.119 e. The van der Waals surface area contributed by atoms with Crippen LogP contribution >= 0.6 is 0 Å². The van der Waals surface area contributed by atoms with Crippen molar-refractivity contribution in [1.82, 2.24) is 4.90 Å². The quantitative estimate of drug-likeness (QED) is 0.812. The van der Waals surface area contributed by atoms with Crippen LogP contribution < -0.4 is 9.47 Å². The Morgan fingerprint density at radius 1 is 1.09 bits per heavy atom. The minimum atomic E-state index is -0.544. The van der Waals surface area contributed by atoms with E-state index in [0.29, 0.717) is 13.2 Å². The highest BCUT2D eigenvalue weighted by Crippen LogP contribution is 2.20. The second-order valence-electron chi connectivity index (χ2n) is 5.57. The van der Waals surface area contributed by atoms with E-state index in [9.17, 15) is 5.11 Å². The Morgan fingerprint density at radius 3 is 2.48 bits per heavy atom. The van der Waals surface area contributed by atoms with Crippen molar-refractivity contribution in [3.05, 3.63) is 59.7 Å². The normalized spacial score (nSPS) is 12.2. The summed E-state index contributed by atoms with van der Waals surface area (Å²) in [7, 11) is 3.63. The molecule has 0 saturated heterocycles. The van der Waals surface area contributed by atoms with Crippen molar-refractivity contribution < 1.29 is 14.6 Å². The third-order valence-electron chi connectivity index (χ3n) is 3.65. The number of aliphatic hydroxyl groups excluding tert-OH is 1. The molecule has 1 atom stereocenters. The van der Waals surface area contributed by atoms with E-state index in [1.165, 1.54) is 5.56 Å². The summed E-state index contributed by atoms with van der Waals surface area (Å²) < 4.78 is 10.6. The van der Waals surface area contributed by atoms with Gasteiger partial charge < -0.3 is 14.6 Å². The van der Waals surface area contributed by atoms with Gasteiger partial charge in [-0.05, 0) is 49.4 Å². The SMILES string of the molecule is CCOc1ccc(CN(C)CC(O)c2cccc(OC)c2)cc1. The van der Waals surface area contributed by atoms with Gasteiger partial charge in [-0.1, -0.05) is 24.3 Å². The van der Waals surface area contributed by atoms with Gasteiger partial charge in [0, 0.05) is 13.1 Å². The van der Waals surface area contributed by atoms with Crippen LogP contribution in [0.4, 0.5) is 0 Å². The lowest BCUT2D eigenvalue weighted by atomic mass is 10.1. The van der Waals surface area contributed by atoms with Gasteiger partial charge in [0.15, 0.2) is 0 Å². The van der Waals surface area contributed by atoms with Crippen molar-refractivity contribution in [3.63, 3.8) is 0 Å². The molecule has 0 aliphatic heterocycles. The second kappa shape index (κ2) is 8.56. The van der Waals surface area contributed by atoms with E-state index in [0.717, 1.165) is 23.6 Å². The van der Waals surface area contributed by atoms with Crippen molar-refractivity contribution in [2.45, 2.75) is 19.6 Å². The average molecular weight is 315 g/mol. The number of benzene rings is 2. The van der Waals surface area contributed by atoms with Gasteiger partial charge in [-0.15, -0.1) is 0 Å². The number of hydrogen-bond acceptors (Lipinski definition) is 4. The van der Waals surface area contributed by atoms with Gasteiger partial charge in [0.1, 0.15) is 11.5 Å². The molecule has 0 aliphatic carbocycles.